The highest BCUT2D eigenvalue weighted by Gasteiger charge is 2.21. The second-order valence-electron chi connectivity index (χ2n) is 4.51. The number of hydrogen-bond donors (Lipinski definition) is 0. The standard InChI is InChI=1S/C17H16/c1-3-12-11-14-10-9-13-7-5-6-8-16(13)17(14)15(12)4-2/h3-10H,11H2,1-2H3/b12-3-,15-4+. The minimum Gasteiger partial charge on any atom is -0.0835 e. The van der Waals surface area contributed by atoms with Crippen molar-refractivity contribution in [1.29, 1.82) is 0 Å². The molecule has 0 heterocycles. The molecule has 0 bridgehead atoms. The van der Waals surface area contributed by atoms with Gasteiger partial charge in [0.25, 0.3) is 0 Å². The first-order valence-corrected chi connectivity index (χ1v) is 6.18. The van der Waals surface area contributed by atoms with Gasteiger partial charge in [-0.2, -0.15) is 0 Å². The normalized spacial score (nSPS) is 19.2. The van der Waals surface area contributed by atoms with Crippen LogP contribution in [0.15, 0.2) is 54.1 Å². The molecule has 17 heavy (non-hydrogen) atoms. The molecule has 0 saturated carbocycles. The average molecular weight is 220 g/mol. The van der Waals surface area contributed by atoms with Crippen LogP contribution in [0.2, 0.25) is 0 Å². The van der Waals surface area contributed by atoms with E-state index in [9.17, 15) is 0 Å². The maximum absolute atomic E-state index is 2.28. The van der Waals surface area contributed by atoms with Gasteiger partial charge in [-0.1, -0.05) is 48.6 Å². The van der Waals surface area contributed by atoms with Crippen LogP contribution in [0.25, 0.3) is 16.3 Å². The van der Waals surface area contributed by atoms with Gasteiger partial charge in [0.05, 0.1) is 0 Å². The maximum Gasteiger partial charge on any atom is -0.00166 e. The van der Waals surface area contributed by atoms with E-state index in [2.05, 4.69) is 62.4 Å². The molecule has 0 amide bonds. The lowest BCUT2D eigenvalue weighted by atomic mass is 9.98. The monoisotopic (exact) mass is 220 g/mol. The van der Waals surface area contributed by atoms with Gasteiger partial charge in [-0.05, 0) is 53.3 Å². The van der Waals surface area contributed by atoms with Crippen LogP contribution in [-0.2, 0) is 6.42 Å². The summed E-state index contributed by atoms with van der Waals surface area (Å²) in [6.07, 6.45) is 5.56. The van der Waals surface area contributed by atoms with Crippen molar-refractivity contribution in [3.05, 3.63) is 65.3 Å². The summed E-state index contributed by atoms with van der Waals surface area (Å²) < 4.78 is 0. The molecule has 0 atom stereocenters. The predicted octanol–water partition coefficient (Wildman–Crippen LogP) is 4.75. The Hall–Kier alpha value is -1.82. The van der Waals surface area contributed by atoms with E-state index in [4.69, 9.17) is 0 Å². The van der Waals surface area contributed by atoms with Crippen LogP contribution >= 0.6 is 0 Å². The summed E-state index contributed by atoms with van der Waals surface area (Å²) in [7, 11) is 0. The topological polar surface area (TPSA) is 0 Å². The highest BCUT2D eigenvalue weighted by atomic mass is 14.2. The number of rotatable bonds is 0. The quantitative estimate of drug-likeness (QED) is 0.601. The third kappa shape index (κ3) is 1.44. The molecular weight excluding hydrogens is 204 g/mol. The van der Waals surface area contributed by atoms with Crippen molar-refractivity contribution in [2.24, 2.45) is 0 Å². The minimum absolute atomic E-state index is 1.08. The summed E-state index contributed by atoms with van der Waals surface area (Å²) in [5.74, 6) is 0. The van der Waals surface area contributed by atoms with Crippen molar-refractivity contribution >= 4 is 16.3 Å². The van der Waals surface area contributed by atoms with E-state index in [-0.39, 0.29) is 0 Å². The predicted molar refractivity (Wildman–Crippen MR) is 75.1 cm³/mol. The molecule has 2 aromatic rings. The van der Waals surface area contributed by atoms with Gasteiger partial charge < -0.3 is 0 Å². The highest BCUT2D eigenvalue weighted by Crippen LogP contribution is 2.40. The zero-order valence-electron chi connectivity index (χ0n) is 10.3. The van der Waals surface area contributed by atoms with Crippen LogP contribution in [0.1, 0.15) is 25.0 Å². The Kier molecular flexibility index (Phi) is 2.36. The van der Waals surface area contributed by atoms with Crippen LogP contribution < -0.4 is 0 Å². The fourth-order valence-electron chi connectivity index (χ4n) is 2.83. The van der Waals surface area contributed by atoms with E-state index < -0.39 is 0 Å². The Balaban J connectivity index is 2.39. The molecule has 0 aromatic heterocycles. The smallest absolute Gasteiger partial charge is 0.00166 e. The third-order valence-corrected chi connectivity index (χ3v) is 3.65. The van der Waals surface area contributed by atoms with Gasteiger partial charge in [-0.3, -0.25) is 0 Å². The van der Waals surface area contributed by atoms with Crippen molar-refractivity contribution in [2.75, 3.05) is 0 Å². The zero-order valence-corrected chi connectivity index (χ0v) is 10.3. The molecule has 1 aliphatic rings. The first-order valence-electron chi connectivity index (χ1n) is 6.18. The van der Waals surface area contributed by atoms with Gasteiger partial charge >= 0.3 is 0 Å². The highest BCUT2D eigenvalue weighted by molar-refractivity contribution is 6.01. The summed E-state index contributed by atoms with van der Waals surface area (Å²) in [6, 6.07) is 13.2. The number of fused-ring (bicyclic) bond motifs is 3. The second kappa shape index (κ2) is 3.89. The van der Waals surface area contributed by atoms with Crippen LogP contribution in [-0.4, -0.2) is 0 Å². The summed E-state index contributed by atoms with van der Waals surface area (Å²) in [6.45, 7) is 4.27. The molecule has 84 valence electrons. The molecule has 0 heteroatoms. The van der Waals surface area contributed by atoms with E-state index in [0.29, 0.717) is 0 Å². The lowest BCUT2D eigenvalue weighted by Crippen LogP contribution is -1.84. The van der Waals surface area contributed by atoms with Crippen LogP contribution in [0.3, 0.4) is 0 Å². The van der Waals surface area contributed by atoms with E-state index in [1.165, 1.54) is 33.0 Å². The van der Waals surface area contributed by atoms with Gasteiger partial charge in [0.2, 0.25) is 0 Å². The zero-order chi connectivity index (χ0) is 11.8. The first-order chi connectivity index (χ1) is 8.35. The van der Waals surface area contributed by atoms with E-state index >= 15 is 0 Å². The van der Waals surface area contributed by atoms with Crippen molar-refractivity contribution in [1.82, 2.24) is 0 Å². The number of benzene rings is 2. The van der Waals surface area contributed by atoms with Gasteiger partial charge in [0, 0.05) is 0 Å². The molecule has 2 aromatic carbocycles. The molecular formula is C17H16. The molecule has 1 aliphatic carbocycles. The molecule has 0 spiro atoms. The largest absolute Gasteiger partial charge is 0.0835 e. The molecule has 0 nitrogen and oxygen atoms in total. The van der Waals surface area contributed by atoms with Crippen LogP contribution in [0, 0.1) is 0 Å². The fraction of sp³-hybridized carbons (Fsp3) is 0.176. The van der Waals surface area contributed by atoms with Crippen molar-refractivity contribution < 1.29 is 0 Å². The Bertz CT molecular complexity index is 642. The lowest BCUT2D eigenvalue weighted by Gasteiger charge is -2.06. The van der Waals surface area contributed by atoms with Gasteiger partial charge in [0.1, 0.15) is 0 Å². The Morgan fingerprint density at radius 2 is 1.76 bits per heavy atom. The van der Waals surface area contributed by atoms with E-state index in [1.54, 1.807) is 0 Å². The van der Waals surface area contributed by atoms with E-state index in [0.717, 1.165) is 6.42 Å². The lowest BCUT2D eigenvalue weighted by molar-refractivity contribution is 1.26. The average Bonchev–Trinajstić information content (AvgIpc) is 2.76. The Labute approximate surface area is 102 Å². The molecule has 3 rings (SSSR count). The van der Waals surface area contributed by atoms with Crippen LogP contribution in [0.4, 0.5) is 0 Å². The van der Waals surface area contributed by atoms with E-state index in [1.807, 2.05) is 0 Å². The van der Waals surface area contributed by atoms with Gasteiger partial charge in [0.15, 0.2) is 0 Å². The molecule has 0 aliphatic heterocycles. The maximum atomic E-state index is 2.28. The van der Waals surface area contributed by atoms with Crippen molar-refractivity contribution in [3.8, 4) is 0 Å². The van der Waals surface area contributed by atoms with Gasteiger partial charge in [-0.25, -0.2) is 0 Å². The number of allylic oxidation sites excluding steroid dienone is 4. The van der Waals surface area contributed by atoms with Crippen LogP contribution in [0.5, 0.6) is 0 Å². The Morgan fingerprint density at radius 1 is 0.941 bits per heavy atom. The summed E-state index contributed by atoms with van der Waals surface area (Å²) in [4.78, 5) is 0. The molecule has 0 radical (unpaired) electrons. The fourth-order valence-corrected chi connectivity index (χ4v) is 2.83. The molecule has 0 fully saturated rings. The SMILES string of the molecule is C/C=C1/Cc2ccc3ccccc3c2/C1=C/C. The van der Waals surface area contributed by atoms with Gasteiger partial charge in [-0.15, -0.1) is 0 Å². The number of hydrogen-bond acceptors (Lipinski definition) is 0. The van der Waals surface area contributed by atoms with Crippen molar-refractivity contribution in [2.45, 2.75) is 20.3 Å². The summed E-state index contributed by atoms with van der Waals surface area (Å²) >= 11 is 0. The summed E-state index contributed by atoms with van der Waals surface area (Å²) in [5, 5.41) is 2.72. The second-order valence-corrected chi connectivity index (χ2v) is 4.51. The summed E-state index contributed by atoms with van der Waals surface area (Å²) in [5.41, 5.74) is 5.78. The van der Waals surface area contributed by atoms with Crippen molar-refractivity contribution in [3.63, 3.8) is 0 Å². The first kappa shape index (κ1) is 10.3. The Morgan fingerprint density at radius 3 is 2.53 bits per heavy atom. The molecule has 0 N–H and O–H groups in total. The molecule has 0 unspecified atom stereocenters. The molecule has 0 saturated heterocycles. The minimum atomic E-state index is 1.08. The third-order valence-electron chi connectivity index (χ3n) is 3.65.